The molecule has 0 radical (unpaired) electrons. The highest BCUT2D eigenvalue weighted by molar-refractivity contribution is 7.98. The number of nitrogens with one attached hydrogen (secondary N) is 2. The molecule has 1 heterocycles. The number of carbonyl (C=O) groups is 3. The molecule has 1 fully saturated rings. The van der Waals surface area contributed by atoms with Crippen LogP contribution >= 0.6 is 11.8 Å². The van der Waals surface area contributed by atoms with E-state index in [2.05, 4.69) is 10.6 Å². The number of amides is 2. The van der Waals surface area contributed by atoms with Crippen LogP contribution in [0.1, 0.15) is 25.8 Å². The van der Waals surface area contributed by atoms with Gasteiger partial charge in [-0.05, 0) is 18.9 Å². The number of epoxide rings is 1. The van der Waals surface area contributed by atoms with E-state index in [1.807, 2.05) is 37.3 Å². The number of hydrogen-bond acceptors (Lipinski definition) is 6. The van der Waals surface area contributed by atoms with E-state index in [1.54, 1.807) is 18.7 Å². The number of hydrogen-bond donors (Lipinski definition) is 2. The fraction of sp³-hybridized carbons (Fsp3) is 0.526. The van der Waals surface area contributed by atoms with Crippen LogP contribution in [-0.2, 0) is 29.6 Å². The molecule has 7 nitrogen and oxygen atoms in total. The lowest BCUT2D eigenvalue weighted by Crippen LogP contribution is -2.50. The van der Waals surface area contributed by atoms with E-state index in [4.69, 9.17) is 9.47 Å². The lowest BCUT2D eigenvalue weighted by Gasteiger charge is -2.17. The maximum Gasteiger partial charge on any atom is 0.338 e. The third kappa shape index (κ3) is 6.88. The molecule has 1 aliphatic heterocycles. The minimum atomic E-state index is -0.885. The highest BCUT2D eigenvalue weighted by Gasteiger charge is 2.52. The van der Waals surface area contributed by atoms with Crippen LogP contribution in [0, 0.1) is 0 Å². The number of benzene rings is 1. The van der Waals surface area contributed by atoms with E-state index in [1.165, 1.54) is 0 Å². The van der Waals surface area contributed by atoms with Crippen molar-refractivity contribution >= 4 is 29.5 Å². The van der Waals surface area contributed by atoms with Crippen LogP contribution in [0.15, 0.2) is 30.3 Å². The molecule has 3 atom stereocenters. The summed E-state index contributed by atoms with van der Waals surface area (Å²) in [5.41, 5.74) is 1.15. The van der Waals surface area contributed by atoms with Crippen molar-refractivity contribution in [1.82, 2.24) is 10.6 Å². The molecular formula is C19H26N2O5S. The van der Waals surface area contributed by atoms with Gasteiger partial charge in [-0.2, -0.15) is 11.8 Å². The van der Waals surface area contributed by atoms with E-state index >= 15 is 0 Å². The van der Waals surface area contributed by atoms with Gasteiger partial charge in [0.25, 0.3) is 5.91 Å². The number of ether oxygens (including phenoxy) is 2. The van der Waals surface area contributed by atoms with Gasteiger partial charge < -0.3 is 20.1 Å². The van der Waals surface area contributed by atoms with Crippen molar-refractivity contribution in [3.05, 3.63) is 35.9 Å². The van der Waals surface area contributed by atoms with Crippen molar-refractivity contribution in [1.29, 1.82) is 0 Å². The van der Waals surface area contributed by atoms with Gasteiger partial charge >= 0.3 is 5.97 Å². The molecule has 148 valence electrons. The molecule has 0 aromatic heterocycles. The van der Waals surface area contributed by atoms with Gasteiger partial charge in [0.05, 0.1) is 6.61 Å². The summed E-state index contributed by atoms with van der Waals surface area (Å²) in [6.45, 7) is 4.42. The molecule has 1 aromatic carbocycles. The zero-order chi connectivity index (χ0) is 19.6. The Hall–Kier alpha value is -2.06. The normalized spacial score (nSPS) is 19.0. The molecule has 2 N–H and O–H groups in total. The Labute approximate surface area is 163 Å². The van der Waals surface area contributed by atoms with Crippen LogP contribution < -0.4 is 10.6 Å². The Kier molecular flexibility index (Phi) is 8.60. The average Bonchev–Trinajstić information content (AvgIpc) is 3.47. The first-order valence-corrected chi connectivity index (χ1v) is 10.2. The third-order valence-electron chi connectivity index (χ3n) is 3.85. The minimum Gasteiger partial charge on any atom is -0.464 e. The summed E-state index contributed by atoms with van der Waals surface area (Å²) in [5.74, 6) is -0.0979. The molecule has 0 saturated carbocycles. The van der Waals surface area contributed by atoms with Crippen molar-refractivity contribution in [2.45, 2.75) is 44.3 Å². The SMILES string of the molecule is CCCNC(=O)[C@H](CSCc1ccccc1)NC(=O)[C@H]1O[C@@H]1C(=O)OCC. The summed E-state index contributed by atoms with van der Waals surface area (Å²) in [6.07, 6.45) is -0.953. The molecule has 1 aromatic rings. The van der Waals surface area contributed by atoms with E-state index in [0.717, 1.165) is 17.7 Å². The molecule has 0 bridgehead atoms. The quantitative estimate of drug-likeness (QED) is 0.433. The molecule has 0 unspecified atom stereocenters. The molecule has 0 spiro atoms. The third-order valence-corrected chi connectivity index (χ3v) is 4.95. The number of carbonyl (C=O) groups excluding carboxylic acids is 3. The van der Waals surface area contributed by atoms with Crippen LogP contribution in [0.4, 0.5) is 0 Å². The molecule has 1 saturated heterocycles. The molecule has 0 aliphatic carbocycles. The van der Waals surface area contributed by atoms with E-state index in [-0.39, 0.29) is 12.5 Å². The van der Waals surface area contributed by atoms with Gasteiger partial charge in [0.1, 0.15) is 6.04 Å². The van der Waals surface area contributed by atoms with Crippen molar-refractivity contribution in [2.24, 2.45) is 0 Å². The zero-order valence-electron chi connectivity index (χ0n) is 15.6. The molecule has 2 amide bonds. The van der Waals surface area contributed by atoms with Gasteiger partial charge in [0.2, 0.25) is 5.91 Å². The highest BCUT2D eigenvalue weighted by atomic mass is 32.2. The Morgan fingerprint density at radius 2 is 1.93 bits per heavy atom. The van der Waals surface area contributed by atoms with E-state index < -0.39 is 30.1 Å². The first-order valence-electron chi connectivity index (χ1n) is 9.08. The summed E-state index contributed by atoms with van der Waals surface area (Å²) >= 11 is 1.56. The maximum absolute atomic E-state index is 12.4. The van der Waals surface area contributed by atoms with Crippen LogP contribution in [0.3, 0.4) is 0 Å². The molecule has 1 aliphatic rings. The Morgan fingerprint density at radius 3 is 2.59 bits per heavy atom. The molecular weight excluding hydrogens is 368 g/mol. The van der Waals surface area contributed by atoms with Gasteiger partial charge in [-0.1, -0.05) is 37.3 Å². The maximum atomic E-state index is 12.4. The highest BCUT2D eigenvalue weighted by Crippen LogP contribution is 2.24. The van der Waals surface area contributed by atoms with E-state index in [9.17, 15) is 14.4 Å². The van der Waals surface area contributed by atoms with Gasteiger partial charge in [-0.15, -0.1) is 0 Å². The smallest absolute Gasteiger partial charge is 0.338 e. The first-order chi connectivity index (χ1) is 13.1. The fourth-order valence-corrected chi connectivity index (χ4v) is 3.41. The second-order valence-electron chi connectivity index (χ2n) is 6.08. The Bertz CT molecular complexity index is 640. The summed E-state index contributed by atoms with van der Waals surface area (Å²) < 4.78 is 9.94. The molecule has 8 heteroatoms. The van der Waals surface area contributed by atoms with Crippen molar-refractivity contribution in [3.63, 3.8) is 0 Å². The summed E-state index contributed by atoms with van der Waals surface area (Å²) in [5, 5.41) is 5.50. The minimum absolute atomic E-state index is 0.227. The standard InChI is InChI=1S/C19H26N2O5S/c1-3-10-20-17(22)14(12-27-11-13-8-6-5-7-9-13)21-18(23)15-16(26-15)19(24)25-4-2/h5-9,14-16H,3-4,10-12H2,1-2H3,(H,20,22)(H,21,23)/t14-,15-,16-/m0/s1. The monoisotopic (exact) mass is 394 g/mol. The van der Waals surface area contributed by atoms with Gasteiger partial charge in [0.15, 0.2) is 12.2 Å². The number of thioether (sulfide) groups is 1. The van der Waals surface area contributed by atoms with Crippen molar-refractivity contribution < 1.29 is 23.9 Å². The second kappa shape index (κ2) is 10.9. The fourth-order valence-electron chi connectivity index (χ4n) is 2.39. The summed E-state index contributed by atoms with van der Waals surface area (Å²) in [6, 6.07) is 9.21. The van der Waals surface area contributed by atoms with Crippen LogP contribution in [-0.4, -0.2) is 54.9 Å². The summed E-state index contributed by atoms with van der Waals surface area (Å²) in [4.78, 5) is 36.3. The van der Waals surface area contributed by atoms with Crippen molar-refractivity contribution in [3.8, 4) is 0 Å². The number of rotatable bonds is 11. The van der Waals surface area contributed by atoms with Crippen LogP contribution in [0.25, 0.3) is 0 Å². The van der Waals surface area contributed by atoms with Gasteiger partial charge in [0, 0.05) is 18.1 Å². The number of esters is 1. The van der Waals surface area contributed by atoms with E-state index in [0.29, 0.717) is 12.3 Å². The predicted octanol–water partition coefficient (Wildman–Crippen LogP) is 1.26. The van der Waals surface area contributed by atoms with Gasteiger partial charge in [-0.3, -0.25) is 9.59 Å². The predicted molar refractivity (Wildman–Crippen MR) is 103 cm³/mol. The lowest BCUT2D eigenvalue weighted by molar-refractivity contribution is -0.144. The summed E-state index contributed by atoms with van der Waals surface area (Å²) in [7, 11) is 0. The molecule has 2 rings (SSSR count). The zero-order valence-corrected chi connectivity index (χ0v) is 16.4. The lowest BCUT2D eigenvalue weighted by atomic mass is 10.2. The van der Waals surface area contributed by atoms with Gasteiger partial charge in [-0.25, -0.2) is 4.79 Å². The molecule has 27 heavy (non-hydrogen) atoms. The second-order valence-corrected chi connectivity index (χ2v) is 7.11. The largest absolute Gasteiger partial charge is 0.464 e. The van der Waals surface area contributed by atoms with Crippen molar-refractivity contribution in [2.75, 3.05) is 18.9 Å². The Morgan fingerprint density at radius 1 is 1.19 bits per heavy atom. The first kappa shape index (κ1) is 21.2. The topological polar surface area (TPSA) is 97.0 Å². The van der Waals surface area contributed by atoms with Crippen LogP contribution in [0.2, 0.25) is 0 Å². The Balaban J connectivity index is 1.87. The van der Waals surface area contributed by atoms with Crippen LogP contribution in [0.5, 0.6) is 0 Å². The average molecular weight is 394 g/mol.